The van der Waals surface area contributed by atoms with Crippen LogP contribution in [-0.4, -0.2) is 31.9 Å². The number of unbranched alkanes of at least 4 members (excludes halogenated alkanes) is 2. The van der Waals surface area contributed by atoms with E-state index in [1.807, 2.05) is 13.1 Å². The minimum Gasteiger partial charge on any atom is -0.324 e. The van der Waals surface area contributed by atoms with Crippen molar-refractivity contribution in [2.75, 3.05) is 31.3 Å². The molecular weight excluding hydrogens is 404 g/mol. The molecule has 0 bridgehead atoms. The Bertz CT molecular complexity index is 1100. The standard InChI is InChI=1S/C23H25N3O.C2H7NS/c1-2-3-4-14-24-25-15-21(27)26-20-13-11-18-9-8-16-6-5-7-17-10-12-19(20)23(18)22(16)17;1-3-2-4/h5-13,24-25H,2-4,14-15H2,1H3,(H,26,27);3-4H,2H2,1H3. The predicted octanol–water partition coefficient (Wildman–Crippen LogP) is 4.90. The molecule has 5 nitrogen and oxygen atoms in total. The second-order valence-corrected chi connectivity index (χ2v) is 7.83. The molecule has 0 aliphatic carbocycles. The lowest BCUT2D eigenvalue weighted by Crippen LogP contribution is -2.38. The highest BCUT2D eigenvalue weighted by Crippen LogP contribution is 2.37. The molecule has 0 aromatic heterocycles. The number of amides is 1. The lowest BCUT2D eigenvalue weighted by molar-refractivity contribution is -0.115. The zero-order valence-electron chi connectivity index (χ0n) is 18.3. The van der Waals surface area contributed by atoms with Crippen LogP contribution in [0.2, 0.25) is 0 Å². The predicted molar refractivity (Wildman–Crippen MR) is 137 cm³/mol. The van der Waals surface area contributed by atoms with Gasteiger partial charge in [0.15, 0.2) is 0 Å². The molecule has 4 aromatic rings. The van der Waals surface area contributed by atoms with Gasteiger partial charge in [-0.1, -0.05) is 68.3 Å². The first-order valence-electron chi connectivity index (χ1n) is 10.9. The summed E-state index contributed by atoms with van der Waals surface area (Å²) in [5, 5.41) is 13.1. The van der Waals surface area contributed by atoms with E-state index in [-0.39, 0.29) is 12.5 Å². The smallest absolute Gasteiger partial charge is 0.239 e. The number of rotatable bonds is 9. The fourth-order valence-corrected chi connectivity index (χ4v) is 3.73. The maximum atomic E-state index is 12.3. The number of nitrogens with one attached hydrogen (secondary N) is 4. The van der Waals surface area contributed by atoms with Crippen LogP contribution in [0, 0.1) is 0 Å². The number of hydrogen-bond acceptors (Lipinski definition) is 5. The average Bonchev–Trinajstić information content (AvgIpc) is 2.81. The van der Waals surface area contributed by atoms with Crippen molar-refractivity contribution in [3.63, 3.8) is 0 Å². The largest absolute Gasteiger partial charge is 0.324 e. The van der Waals surface area contributed by atoms with Gasteiger partial charge in [-0.15, -0.1) is 0 Å². The number of carbonyl (C=O) groups excluding carboxylic acids is 1. The highest BCUT2D eigenvalue weighted by atomic mass is 32.1. The van der Waals surface area contributed by atoms with Crippen LogP contribution in [0.5, 0.6) is 0 Å². The number of hydrogen-bond donors (Lipinski definition) is 5. The van der Waals surface area contributed by atoms with E-state index in [1.54, 1.807) is 0 Å². The fourth-order valence-electron chi connectivity index (χ4n) is 3.73. The van der Waals surface area contributed by atoms with E-state index in [9.17, 15) is 4.79 Å². The third-order valence-electron chi connectivity index (χ3n) is 5.24. The van der Waals surface area contributed by atoms with Crippen LogP contribution in [0.3, 0.4) is 0 Å². The van der Waals surface area contributed by atoms with E-state index in [2.05, 4.69) is 89.6 Å². The number of thiol groups is 1. The van der Waals surface area contributed by atoms with Gasteiger partial charge in [0.1, 0.15) is 0 Å². The van der Waals surface area contributed by atoms with Crippen molar-refractivity contribution in [2.45, 2.75) is 26.2 Å². The Kier molecular flexibility index (Phi) is 8.91. The lowest BCUT2D eigenvalue weighted by Gasteiger charge is -2.14. The SMILES string of the molecule is CCCCCNNCC(=O)Nc1ccc2ccc3cccc4ccc1c2c34.CNCS. The molecule has 0 saturated carbocycles. The molecule has 164 valence electrons. The van der Waals surface area contributed by atoms with Crippen molar-refractivity contribution in [2.24, 2.45) is 0 Å². The molecule has 0 spiro atoms. The first-order valence-corrected chi connectivity index (χ1v) is 11.5. The monoisotopic (exact) mass is 436 g/mol. The Morgan fingerprint density at radius 1 is 0.871 bits per heavy atom. The van der Waals surface area contributed by atoms with Crippen molar-refractivity contribution in [3.05, 3.63) is 54.6 Å². The molecule has 0 aliphatic rings. The van der Waals surface area contributed by atoms with Gasteiger partial charge in [-0.05, 0) is 46.5 Å². The minimum absolute atomic E-state index is 0.0481. The molecule has 6 heteroatoms. The van der Waals surface area contributed by atoms with Gasteiger partial charge in [-0.25, -0.2) is 5.43 Å². The molecule has 4 aromatic carbocycles. The van der Waals surface area contributed by atoms with E-state index in [1.165, 1.54) is 39.8 Å². The molecular formula is C25H32N4OS. The van der Waals surface area contributed by atoms with Gasteiger partial charge in [-0.2, -0.15) is 12.6 Å². The van der Waals surface area contributed by atoms with Crippen LogP contribution in [0.15, 0.2) is 54.6 Å². The van der Waals surface area contributed by atoms with E-state index in [4.69, 9.17) is 0 Å². The number of benzene rings is 4. The molecule has 0 heterocycles. The summed E-state index contributed by atoms with van der Waals surface area (Å²) in [4.78, 5) is 12.3. The van der Waals surface area contributed by atoms with Gasteiger partial charge < -0.3 is 10.6 Å². The van der Waals surface area contributed by atoms with E-state index < -0.39 is 0 Å². The summed E-state index contributed by atoms with van der Waals surface area (Å²) in [6.45, 7) is 3.30. The minimum atomic E-state index is -0.0481. The third-order valence-corrected chi connectivity index (χ3v) is 5.56. The van der Waals surface area contributed by atoms with Crippen LogP contribution in [0.25, 0.3) is 32.3 Å². The Morgan fingerprint density at radius 3 is 2.19 bits per heavy atom. The number of anilines is 1. The van der Waals surface area contributed by atoms with E-state index in [0.717, 1.165) is 29.9 Å². The van der Waals surface area contributed by atoms with Gasteiger partial charge in [0.25, 0.3) is 0 Å². The Balaban J connectivity index is 0.000000628. The van der Waals surface area contributed by atoms with Crippen molar-refractivity contribution >= 4 is 56.5 Å². The summed E-state index contributed by atoms with van der Waals surface area (Å²) in [7, 11) is 1.85. The molecule has 0 fully saturated rings. The average molecular weight is 437 g/mol. The molecule has 0 saturated heterocycles. The number of carbonyl (C=O) groups is 1. The van der Waals surface area contributed by atoms with Crippen LogP contribution >= 0.6 is 12.6 Å². The third kappa shape index (κ3) is 5.86. The van der Waals surface area contributed by atoms with Crippen LogP contribution < -0.4 is 21.5 Å². The molecule has 4 rings (SSSR count). The highest BCUT2D eigenvalue weighted by molar-refractivity contribution is 7.80. The summed E-state index contributed by atoms with van der Waals surface area (Å²) < 4.78 is 0. The maximum Gasteiger partial charge on any atom is 0.239 e. The summed E-state index contributed by atoms with van der Waals surface area (Å²) in [5.74, 6) is 0.716. The molecule has 0 atom stereocenters. The molecule has 31 heavy (non-hydrogen) atoms. The quantitative estimate of drug-likeness (QED) is 0.0851. The van der Waals surface area contributed by atoms with Gasteiger partial charge in [-0.3, -0.25) is 10.2 Å². The molecule has 0 radical (unpaired) electrons. The topological polar surface area (TPSA) is 65.2 Å². The van der Waals surface area contributed by atoms with E-state index >= 15 is 0 Å². The second kappa shape index (κ2) is 11.9. The highest BCUT2D eigenvalue weighted by Gasteiger charge is 2.12. The van der Waals surface area contributed by atoms with Crippen LogP contribution in [0.1, 0.15) is 26.2 Å². The van der Waals surface area contributed by atoms with E-state index in [0.29, 0.717) is 0 Å². The Morgan fingerprint density at radius 2 is 1.52 bits per heavy atom. The fraction of sp³-hybridized carbons (Fsp3) is 0.320. The summed E-state index contributed by atoms with van der Waals surface area (Å²) in [5.41, 5.74) is 6.96. The number of hydrazine groups is 1. The summed E-state index contributed by atoms with van der Waals surface area (Å²) in [6.07, 6.45) is 3.50. The van der Waals surface area contributed by atoms with Crippen LogP contribution in [-0.2, 0) is 4.79 Å². The maximum absolute atomic E-state index is 12.3. The lowest BCUT2D eigenvalue weighted by atomic mass is 9.93. The molecule has 0 unspecified atom stereocenters. The van der Waals surface area contributed by atoms with Crippen molar-refractivity contribution in [3.8, 4) is 0 Å². The van der Waals surface area contributed by atoms with Crippen molar-refractivity contribution in [1.29, 1.82) is 0 Å². The first kappa shape index (κ1) is 23.3. The van der Waals surface area contributed by atoms with Crippen molar-refractivity contribution < 1.29 is 4.79 Å². The normalized spacial score (nSPS) is 11.1. The summed E-state index contributed by atoms with van der Waals surface area (Å²) >= 11 is 3.81. The molecule has 1 amide bonds. The Hall–Kier alpha value is -2.38. The van der Waals surface area contributed by atoms with Gasteiger partial charge >= 0.3 is 0 Å². The van der Waals surface area contributed by atoms with Gasteiger partial charge in [0, 0.05) is 23.5 Å². The van der Waals surface area contributed by atoms with Gasteiger partial charge in [0.05, 0.1) is 6.54 Å². The van der Waals surface area contributed by atoms with Crippen LogP contribution in [0.4, 0.5) is 5.69 Å². The van der Waals surface area contributed by atoms with Crippen molar-refractivity contribution in [1.82, 2.24) is 16.2 Å². The zero-order chi connectivity index (χ0) is 22.1. The second-order valence-electron chi connectivity index (χ2n) is 7.52. The Labute approximate surface area is 189 Å². The summed E-state index contributed by atoms with van der Waals surface area (Å²) in [6, 6.07) is 19.0. The van der Waals surface area contributed by atoms with Gasteiger partial charge in [0.2, 0.25) is 5.91 Å². The zero-order valence-corrected chi connectivity index (χ0v) is 19.2. The molecule has 0 aliphatic heterocycles. The molecule has 4 N–H and O–H groups in total. The first-order chi connectivity index (χ1) is 15.2.